The first-order chi connectivity index (χ1) is 9.08. The molecule has 0 fully saturated rings. The monoisotopic (exact) mass is 338 g/mol. The van der Waals surface area contributed by atoms with E-state index in [1.807, 2.05) is 11.4 Å². The molecule has 2 rings (SSSR count). The smallest absolute Gasteiger partial charge is 0.251 e. The van der Waals surface area contributed by atoms with Crippen LogP contribution in [0.3, 0.4) is 0 Å². The first-order valence-corrected chi connectivity index (χ1v) is 7.71. The van der Waals surface area contributed by atoms with Crippen molar-refractivity contribution in [1.29, 1.82) is 0 Å². The molecule has 2 aromatic heterocycles. The number of pyridine rings is 1. The SMILES string of the molecule is CC(C)C(NC(=O)c1ccnc(Br)c1)c1cccs1. The standard InChI is InChI=1S/C14H15BrN2OS/c1-9(2)13(11-4-3-7-19-11)17-14(18)10-5-6-16-12(15)8-10/h3-9,13H,1-2H3,(H,17,18). The van der Waals surface area contributed by atoms with E-state index in [-0.39, 0.29) is 11.9 Å². The zero-order chi connectivity index (χ0) is 13.8. The summed E-state index contributed by atoms with van der Waals surface area (Å²) in [5.74, 6) is 0.267. The molecule has 100 valence electrons. The minimum Gasteiger partial charge on any atom is -0.344 e. The summed E-state index contributed by atoms with van der Waals surface area (Å²) < 4.78 is 0.664. The maximum absolute atomic E-state index is 12.3. The number of nitrogens with one attached hydrogen (secondary N) is 1. The molecule has 1 amide bonds. The normalized spacial score (nSPS) is 12.4. The summed E-state index contributed by atoms with van der Waals surface area (Å²) in [6.07, 6.45) is 1.62. The summed E-state index contributed by atoms with van der Waals surface area (Å²) in [7, 11) is 0. The number of rotatable bonds is 4. The Kier molecular flexibility index (Phi) is 4.71. The molecule has 0 aromatic carbocycles. The van der Waals surface area contributed by atoms with Gasteiger partial charge in [0, 0.05) is 16.6 Å². The van der Waals surface area contributed by atoms with Gasteiger partial charge in [0.2, 0.25) is 0 Å². The van der Waals surface area contributed by atoms with E-state index in [0.717, 1.165) is 0 Å². The van der Waals surface area contributed by atoms with Crippen molar-refractivity contribution in [3.8, 4) is 0 Å². The zero-order valence-corrected chi connectivity index (χ0v) is 13.2. The zero-order valence-electron chi connectivity index (χ0n) is 10.8. The van der Waals surface area contributed by atoms with Crippen LogP contribution in [0.1, 0.15) is 35.1 Å². The van der Waals surface area contributed by atoms with Crippen molar-refractivity contribution >= 4 is 33.2 Å². The molecule has 19 heavy (non-hydrogen) atoms. The number of carbonyl (C=O) groups is 1. The van der Waals surface area contributed by atoms with Gasteiger partial charge in [-0.3, -0.25) is 4.79 Å². The highest BCUT2D eigenvalue weighted by atomic mass is 79.9. The Bertz CT molecular complexity index is 554. The molecule has 0 spiro atoms. The third-order valence-electron chi connectivity index (χ3n) is 2.79. The van der Waals surface area contributed by atoms with Crippen LogP contribution >= 0.6 is 27.3 Å². The summed E-state index contributed by atoms with van der Waals surface area (Å²) in [6.45, 7) is 4.21. The highest BCUT2D eigenvalue weighted by Gasteiger charge is 2.20. The number of hydrogen-bond donors (Lipinski definition) is 1. The fraction of sp³-hybridized carbons (Fsp3) is 0.286. The fourth-order valence-electron chi connectivity index (χ4n) is 1.80. The van der Waals surface area contributed by atoms with E-state index in [9.17, 15) is 4.79 Å². The third-order valence-corrected chi connectivity index (χ3v) is 4.18. The van der Waals surface area contributed by atoms with Crippen molar-refractivity contribution in [2.75, 3.05) is 0 Å². The third kappa shape index (κ3) is 3.64. The van der Waals surface area contributed by atoms with Crippen LogP contribution in [0, 0.1) is 5.92 Å². The first kappa shape index (κ1) is 14.2. The molecule has 1 N–H and O–H groups in total. The number of halogens is 1. The maximum Gasteiger partial charge on any atom is 0.251 e. The van der Waals surface area contributed by atoms with Gasteiger partial charge in [-0.1, -0.05) is 19.9 Å². The van der Waals surface area contributed by atoms with Gasteiger partial charge in [0.15, 0.2) is 0 Å². The van der Waals surface area contributed by atoms with Gasteiger partial charge in [0.25, 0.3) is 5.91 Å². The van der Waals surface area contributed by atoms with Crippen LogP contribution in [0.15, 0.2) is 40.4 Å². The molecule has 0 saturated carbocycles. The van der Waals surface area contributed by atoms with Crippen molar-refractivity contribution in [2.45, 2.75) is 19.9 Å². The Balaban J connectivity index is 2.16. The molecule has 0 aliphatic carbocycles. The molecule has 5 heteroatoms. The average molecular weight is 339 g/mol. The average Bonchev–Trinajstić information content (AvgIpc) is 2.88. The molecule has 3 nitrogen and oxygen atoms in total. The van der Waals surface area contributed by atoms with Gasteiger partial charge in [-0.2, -0.15) is 0 Å². The predicted octanol–water partition coefficient (Wildman–Crippen LogP) is 4.03. The van der Waals surface area contributed by atoms with E-state index in [2.05, 4.69) is 46.1 Å². The Morgan fingerprint density at radius 2 is 2.21 bits per heavy atom. The van der Waals surface area contributed by atoms with E-state index < -0.39 is 0 Å². The molecule has 0 saturated heterocycles. The first-order valence-electron chi connectivity index (χ1n) is 6.03. The minimum absolute atomic E-state index is 0.0411. The van der Waals surface area contributed by atoms with E-state index in [0.29, 0.717) is 16.1 Å². The van der Waals surface area contributed by atoms with Crippen LogP contribution in [0.4, 0.5) is 0 Å². The Labute approximate surface area is 125 Å². The molecular formula is C14H15BrN2OS. The second-order valence-electron chi connectivity index (χ2n) is 4.58. The second kappa shape index (κ2) is 6.30. The van der Waals surface area contributed by atoms with Gasteiger partial charge < -0.3 is 5.32 Å². The number of hydrogen-bond acceptors (Lipinski definition) is 3. The molecule has 0 bridgehead atoms. The maximum atomic E-state index is 12.3. The molecule has 0 aliphatic rings. The van der Waals surface area contributed by atoms with Crippen LogP contribution < -0.4 is 5.32 Å². The molecule has 2 heterocycles. The second-order valence-corrected chi connectivity index (χ2v) is 6.37. The lowest BCUT2D eigenvalue weighted by molar-refractivity contribution is 0.0926. The minimum atomic E-state index is -0.0739. The lowest BCUT2D eigenvalue weighted by Crippen LogP contribution is -2.31. The molecule has 2 aromatic rings. The van der Waals surface area contributed by atoms with E-state index in [4.69, 9.17) is 0 Å². The van der Waals surface area contributed by atoms with Crippen molar-refractivity contribution in [3.63, 3.8) is 0 Å². The van der Waals surface area contributed by atoms with Crippen LogP contribution in [-0.4, -0.2) is 10.9 Å². The predicted molar refractivity (Wildman–Crippen MR) is 81.3 cm³/mol. The van der Waals surface area contributed by atoms with Crippen LogP contribution in [0.2, 0.25) is 0 Å². The summed E-state index contributed by atoms with van der Waals surface area (Å²) >= 11 is 4.94. The van der Waals surface area contributed by atoms with Gasteiger partial charge in [-0.15, -0.1) is 11.3 Å². The van der Waals surface area contributed by atoms with E-state index in [1.54, 1.807) is 29.7 Å². The molecule has 1 unspecified atom stereocenters. The number of amides is 1. The topological polar surface area (TPSA) is 42.0 Å². The van der Waals surface area contributed by atoms with Crippen molar-refractivity contribution in [2.24, 2.45) is 5.92 Å². The Morgan fingerprint density at radius 3 is 2.79 bits per heavy atom. The summed E-state index contributed by atoms with van der Waals surface area (Å²) in [5.41, 5.74) is 0.615. The van der Waals surface area contributed by atoms with Crippen LogP contribution in [-0.2, 0) is 0 Å². The van der Waals surface area contributed by atoms with Gasteiger partial charge in [0.05, 0.1) is 6.04 Å². The molecule has 1 atom stereocenters. The van der Waals surface area contributed by atoms with Gasteiger partial charge >= 0.3 is 0 Å². The summed E-state index contributed by atoms with van der Waals surface area (Å²) in [5, 5.41) is 5.11. The fourth-order valence-corrected chi connectivity index (χ4v) is 3.12. The highest BCUT2D eigenvalue weighted by molar-refractivity contribution is 9.10. The van der Waals surface area contributed by atoms with E-state index in [1.165, 1.54) is 4.88 Å². The summed E-state index contributed by atoms with van der Waals surface area (Å²) in [6, 6.07) is 7.54. The van der Waals surface area contributed by atoms with Crippen molar-refractivity contribution in [1.82, 2.24) is 10.3 Å². The van der Waals surface area contributed by atoms with Gasteiger partial charge in [-0.05, 0) is 45.4 Å². The molecule has 0 aliphatic heterocycles. The Hall–Kier alpha value is -1.20. The number of thiophene rings is 1. The number of carbonyl (C=O) groups excluding carboxylic acids is 1. The van der Waals surface area contributed by atoms with E-state index >= 15 is 0 Å². The molecule has 0 radical (unpaired) electrons. The Morgan fingerprint density at radius 1 is 1.42 bits per heavy atom. The highest BCUT2D eigenvalue weighted by Crippen LogP contribution is 2.26. The van der Waals surface area contributed by atoms with Crippen molar-refractivity contribution in [3.05, 3.63) is 50.9 Å². The number of aromatic nitrogens is 1. The largest absolute Gasteiger partial charge is 0.344 e. The lowest BCUT2D eigenvalue weighted by Gasteiger charge is -2.21. The number of nitrogens with zero attached hydrogens (tertiary/aromatic N) is 1. The van der Waals surface area contributed by atoms with Gasteiger partial charge in [-0.25, -0.2) is 4.98 Å². The van der Waals surface area contributed by atoms with Crippen LogP contribution in [0.5, 0.6) is 0 Å². The van der Waals surface area contributed by atoms with Gasteiger partial charge in [0.1, 0.15) is 4.60 Å². The molecular weight excluding hydrogens is 324 g/mol. The van der Waals surface area contributed by atoms with Crippen molar-refractivity contribution < 1.29 is 4.79 Å². The lowest BCUT2D eigenvalue weighted by atomic mass is 10.0. The quantitative estimate of drug-likeness (QED) is 0.855. The van der Waals surface area contributed by atoms with Crippen LogP contribution in [0.25, 0.3) is 0 Å². The summed E-state index contributed by atoms with van der Waals surface area (Å²) in [4.78, 5) is 17.5.